The first-order chi connectivity index (χ1) is 11.5. The first-order valence-electron chi connectivity index (χ1n) is 8.72. The van der Waals surface area contributed by atoms with E-state index in [0.29, 0.717) is 12.5 Å². The lowest BCUT2D eigenvalue weighted by molar-refractivity contribution is -0.158. The largest absolute Gasteiger partial charge is 0.388 e. The van der Waals surface area contributed by atoms with Gasteiger partial charge in [-0.15, -0.1) is 0 Å². The van der Waals surface area contributed by atoms with Crippen molar-refractivity contribution in [2.24, 2.45) is 5.92 Å². The molecule has 2 fully saturated rings. The van der Waals surface area contributed by atoms with Crippen LogP contribution >= 0.6 is 0 Å². The Kier molecular flexibility index (Phi) is 5.22. The molecule has 1 aromatic heterocycles. The standard InChI is InChI=1S/C17H27N3O4/c1-11(2)7-20(14-9-24-10-15(21)17(14)23)16(22)8-19-6-5-13(18-19)12-3-4-12/h5-6,11-12,14-15,17,21,23H,3-4,7-10H2,1-2H3/t14-,15-,17+/m1/s1. The molecule has 7 heteroatoms. The highest BCUT2D eigenvalue weighted by Crippen LogP contribution is 2.38. The van der Waals surface area contributed by atoms with Crippen molar-refractivity contribution in [2.45, 2.75) is 57.4 Å². The van der Waals surface area contributed by atoms with Crippen molar-refractivity contribution in [3.63, 3.8) is 0 Å². The Morgan fingerprint density at radius 3 is 2.83 bits per heavy atom. The number of rotatable bonds is 6. The molecule has 1 aromatic rings. The van der Waals surface area contributed by atoms with Gasteiger partial charge in [-0.3, -0.25) is 9.48 Å². The van der Waals surface area contributed by atoms with Crippen LogP contribution in [0.25, 0.3) is 0 Å². The third-order valence-corrected chi connectivity index (χ3v) is 4.60. The van der Waals surface area contributed by atoms with Crippen molar-refractivity contribution in [2.75, 3.05) is 19.8 Å². The number of nitrogens with zero attached hydrogens (tertiary/aromatic N) is 3. The molecule has 1 aliphatic carbocycles. The lowest BCUT2D eigenvalue weighted by atomic mass is 10.0. The van der Waals surface area contributed by atoms with Gasteiger partial charge in [0.15, 0.2) is 0 Å². The molecule has 3 rings (SSSR count). The van der Waals surface area contributed by atoms with Gasteiger partial charge in [-0.25, -0.2) is 0 Å². The van der Waals surface area contributed by atoms with E-state index in [-0.39, 0.29) is 31.6 Å². The van der Waals surface area contributed by atoms with Crippen LogP contribution in [-0.4, -0.2) is 68.8 Å². The third kappa shape index (κ3) is 3.96. The third-order valence-electron chi connectivity index (χ3n) is 4.60. The van der Waals surface area contributed by atoms with Crippen molar-refractivity contribution >= 4 is 5.91 Å². The Bertz CT molecular complexity index is 570. The molecule has 2 heterocycles. The monoisotopic (exact) mass is 337 g/mol. The van der Waals surface area contributed by atoms with Gasteiger partial charge >= 0.3 is 0 Å². The zero-order valence-corrected chi connectivity index (χ0v) is 14.3. The van der Waals surface area contributed by atoms with Crippen molar-refractivity contribution in [1.82, 2.24) is 14.7 Å². The van der Waals surface area contributed by atoms with E-state index in [1.54, 1.807) is 9.58 Å². The molecule has 1 aliphatic heterocycles. The van der Waals surface area contributed by atoms with Gasteiger partial charge in [-0.05, 0) is 24.8 Å². The second-order valence-corrected chi connectivity index (χ2v) is 7.32. The van der Waals surface area contributed by atoms with Gasteiger partial charge in [0, 0.05) is 18.7 Å². The molecule has 2 N–H and O–H groups in total. The lowest BCUT2D eigenvalue weighted by Crippen LogP contribution is -2.58. The summed E-state index contributed by atoms with van der Waals surface area (Å²) in [7, 11) is 0. The summed E-state index contributed by atoms with van der Waals surface area (Å²) in [6.07, 6.45) is 2.24. The van der Waals surface area contributed by atoms with Crippen LogP contribution in [0.2, 0.25) is 0 Å². The number of carbonyl (C=O) groups is 1. The number of aliphatic hydroxyl groups excluding tert-OH is 2. The number of ether oxygens (including phenoxy) is 1. The van der Waals surface area contributed by atoms with Crippen LogP contribution in [0.15, 0.2) is 12.3 Å². The van der Waals surface area contributed by atoms with Gasteiger partial charge in [-0.2, -0.15) is 5.10 Å². The van der Waals surface area contributed by atoms with Gasteiger partial charge in [0.05, 0.1) is 24.9 Å². The first kappa shape index (κ1) is 17.4. The maximum absolute atomic E-state index is 12.8. The number of carbonyl (C=O) groups excluding carboxylic acids is 1. The average molecular weight is 337 g/mol. The molecule has 0 spiro atoms. The van der Waals surface area contributed by atoms with Gasteiger partial charge in [-0.1, -0.05) is 13.8 Å². The fourth-order valence-corrected chi connectivity index (χ4v) is 3.14. The van der Waals surface area contributed by atoms with E-state index in [9.17, 15) is 15.0 Å². The molecule has 1 saturated carbocycles. The lowest BCUT2D eigenvalue weighted by Gasteiger charge is -2.40. The van der Waals surface area contributed by atoms with Crippen molar-refractivity contribution in [1.29, 1.82) is 0 Å². The number of aliphatic hydroxyl groups is 2. The van der Waals surface area contributed by atoms with Gasteiger partial charge in [0.25, 0.3) is 0 Å². The zero-order chi connectivity index (χ0) is 17.3. The number of hydrogen-bond acceptors (Lipinski definition) is 5. The molecule has 1 saturated heterocycles. The molecule has 134 valence electrons. The van der Waals surface area contributed by atoms with E-state index in [2.05, 4.69) is 5.10 Å². The molecule has 1 amide bonds. The predicted molar refractivity (Wildman–Crippen MR) is 87.4 cm³/mol. The van der Waals surface area contributed by atoms with Crippen LogP contribution in [0.1, 0.15) is 38.3 Å². The Morgan fingerprint density at radius 2 is 2.17 bits per heavy atom. The van der Waals surface area contributed by atoms with Crippen LogP contribution < -0.4 is 0 Å². The van der Waals surface area contributed by atoms with Crippen molar-refractivity contribution in [3.05, 3.63) is 18.0 Å². The smallest absolute Gasteiger partial charge is 0.244 e. The maximum atomic E-state index is 12.8. The van der Waals surface area contributed by atoms with E-state index in [0.717, 1.165) is 5.69 Å². The first-order valence-corrected chi connectivity index (χ1v) is 8.72. The van der Waals surface area contributed by atoms with E-state index in [1.165, 1.54) is 12.8 Å². The minimum Gasteiger partial charge on any atom is -0.388 e. The van der Waals surface area contributed by atoms with Gasteiger partial charge < -0.3 is 19.8 Å². The molecule has 24 heavy (non-hydrogen) atoms. The summed E-state index contributed by atoms with van der Waals surface area (Å²) in [4.78, 5) is 14.4. The SMILES string of the molecule is CC(C)CN(C(=O)Cn1ccc(C2CC2)n1)[C@@H]1COC[C@@H](O)[C@H]1O. The Hall–Kier alpha value is -1.44. The Balaban J connectivity index is 1.70. The average Bonchev–Trinajstić information content (AvgIpc) is 3.28. The molecule has 3 atom stereocenters. The molecular formula is C17H27N3O4. The van der Waals surface area contributed by atoms with E-state index in [4.69, 9.17) is 4.74 Å². The minimum absolute atomic E-state index is 0.102. The van der Waals surface area contributed by atoms with Crippen molar-refractivity contribution in [3.8, 4) is 0 Å². The van der Waals surface area contributed by atoms with E-state index >= 15 is 0 Å². The predicted octanol–water partition coefficient (Wildman–Crippen LogP) is 0.366. The molecule has 7 nitrogen and oxygen atoms in total. The van der Waals surface area contributed by atoms with Crippen molar-refractivity contribution < 1.29 is 19.7 Å². The summed E-state index contributed by atoms with van der Waals surface area (Å²) in [6.45, 7) is 5.03. The molecule has 0 bridgehead atoms. The Morgan fingerprint density at radius 1 is 1.42 bits per heavy atom. The fourth-order valence-electron chi connectivity index (χ4n) is 3.14. The van der Waals surface area contributed by atoms with E-state index < -0.39 is 18.2 Å². The topological polar surface area (TPSA) is 87.8 Å². The maximum Gasteiger partial charge on any atom is 0.244 e. The number of hydrogen-bond donors (Lipinski definition) is 2. The highest BCUT2D eigenvalue weighted by molar-refractivity contribution is 5.76. The summed E-state index contributed by atoms with van der Waals surface area (Å²) in [6, 6.07) is 1.45. The van der Waals surface area contributed by atoms with Crippen LogP contribution in [0, 0.1) is 5.92 Å². The molecule has 0 unspecified atom stereocenters. The van der Waals surface area contributed by atoms with E-state index in [1.807, 2.05) is 26.1 Å². The summed E-state index contributed by atoms with van der Waals surface area (Å²) < 4.78 is 7.01. The number of amides is 1. The fraction of sp³-hybridized carbons (Fsp3) is 0.765. The van der Waals surface area contributed by atoms with Gasteiger partial charge in [0.1, 0.15) is 18.8 Å². The molecule has 0 aromatic carbocycles. The van der Waals surface area contributed by atoms with Crippen LogP contribution in [-0.2, 0) is 16.1 Å². The number of aromatic nitrogens is 2. The van der Waals surface area contributed by atoms with Gasteiger partial charge in [0.2, 0.25) is 5.91 Å². The minimum atomic E-state index is -0.985. The molecular weight excluding hydrogens is 310 g/mol. The highest BCUT2D eigenvalue weighted by atomic mass is 16.5. The summed E-state index contributed by atoms with van der Waals surface area (Å²) in [5.41, 5.74) is 1.05. The second-order valence-electron chi connectivity index (χ2n) is 7.32. The quantitative estimate of drug-likeness (QED) is 0.783. The Labute approximate surface area is 142 Å². The van der Waals surface area contributed by atoms with Crippen LogP contribution in [0.3, 0.4) is 0 Å². The second kappa shape index (κ2) is 7.21. The molecule has 0 radical (unpaired) electrons. The summed E-state index contributed by atoms with van der Waals surface area (Å²) >= 11 is 0. The molecule has 2 aliphatic rings. The highest BCUT2D eigenvalue weighted by Gasteiger charge is 2.37. The van der Waals surface area contributed by atoms with Crippen LogP contribution in [0.5, 0.6) is 0 Å². The normalized spacial score (nSPS) is 27.5. The summed E-state index contributed by atoms with van der Waals surface area (Å²) in [5.74, 6) is 0.688. The summed E-state index contributed by atoms with van der Waals surface area (Å²) in [5, 5.41) is 24.6. The van der Waals surface area contributed by atoms with Crippen LogP contribution in [0.4, 0.5) is 0 Å². The zero-order valence-electron chi connectivity index (χ0n) is 14.3.